The van der Waals surface area contributed by atoms with E-state index in [-0.39, 0.29) is 35.1 Å². The predicted octanol–water partition coefficient (Wildman–Crippen LogP) is 6.90. The molecule has 8 rings (SSSR count). The van der Waals surface area contributed by atoms with Crippen LogP contribution in [0.4, 0.5) is 17.3 Å². The maximum absolute atomic E-state index is 13.5. The topological polar surface area (TPSA) is 214 Å². The van der Waals surface area contributed by atoms with Gasteiger partial charge in [0.25, 0.3) is 21.9 Å². The van der Waals surface area contributed by atoms with E-state index in [2.05, 4.69) is 35.7 Å². The molecule has 0 radical (unpaired) electrons. The van der Waals surface area contributed by atoms with E-state index in [0.717, 1.165) is 60.6 Å². The molecule has 350 valence electrons. The van der Waals surface area contributed by atoms with E-state index in [1.807, 2.05) is 70.2 Å². The molecule has 2 aromatic heterocycles. The number of rotatable bonds is 10. The van der Waals surface area contributed by atoms with Crippen LogP contribution in [0.1, 0.15) is 97.6 Å². The number of aryl methyl sites for hydroxylation is 1. The van der Waals surface area contributed by atoms with Crippen LogP contribution in [0.25, 0.3) is 0 Å². The van der Waals surface area contributed by atoms with E-state index in [0.29, 0.717) is 58.9 Å². The molecule has 2 aromatic carbocycles. The molecule has 0 spiro atoms. The number of fused-ring (bicyclic) bond motifs is 3. The standard InChI is InChI=1S/C32H45N3O4S.C15H14N4O.CH4O3S/c1-21-25(15-10-16-28(21)36)30(38)33-26(20-40-24-13-6-5-7-14-24)29(37)19-35-18-23-12-9-8-11-22(23)17-27(35)31(39)34-32(2,3)4;1-9-6-8-17-14-12(9)18-15(20)11-3-2-7-16-13(11)19(14)10-4-5-10;1-5(2,3)4/h5-7,10,13-16,22-23,26-27,29,36-37H,8-9,11-12,17-20H2,1-4H3,(H,33,38)(H,34,39);2-3,6-8,10H,4-5H2,1H3,(H,18,20);1H3,(H,2,3,4)/t22-,23+,26-,27-,29+;;/m0../s1. The lowest BCUT2D eigenvalue weighted by Gasteiger charge is -2.47. The molecule has 2 saturated carbocycles. The van der Waals surface area contributed by atoms with Gasteiger partial charge in [-0.2, -0.15) is 8.42 Å². The SMILES string of the molecule is CS(=O)(=O)O.Cc1c(O)cccc1C(=O)N[C@@H](CSc1ccccc1)[C@H](O)CN1C[C@H]2CCCC[C@H]2C[C@H]1C(=O)NC(C)(C)C.Cc1ccnc2c1NC(=O)c1cccnc1N2C1CC1. The Bertz CT molecular complexity index is 2400. The number of hydrogen-bond donors (Lipinski definition) is 6. The molecule has 5 atom stereocenters. The number of aromatic hydroxyl groups is 1. The highest BCUT2D eigenvalue weighted by Crippen LogP contribution is 2.44. The predicted molar refractivity (Wildman–Crippen MR) is 254 cm³/mol. The number of aliphatic hydroxyl groups excluding tert-OH is 1. The van der Waals surface area contributed by atoms with Crippen LogP contribution in [0, 0.1) is 25.7 Å². The van der Waals surface area contributed by atoms with E-state index in [4.69, 9.17) is 4.55 Å². The van der Waals surface area contributed by atoms with E-state index < -0.39 is 22.3 Å². The van der Waals surface area contributed by atoms with Crippen LogP contribution >= 0.6 is 11.8 Å². The molecule has 4 aromatic rings. The second-order valence-corrected chi connectivity index (χ2v) is 21.0. The summed E-state index contributed by atoms with van der Waals surface area (Å²) >= 11 is 1.57. The lowest BCUT2D eigenvalue weighted by molar-refractivity contribution is -0.132. The van der Waals surface area contributed by atoms with Crippen LogP contribution in [-0.2, 0) is 14.9 Å². The Morgan fingerprint density at radius 3 is 2.28 bits per heavy atom. The number of carbonyl (C=O) groups is 3. The number of anilines is 3. The fourth-order valence-corrected chi connectivity index (χ4v) is 9.70. The van der Waals surface area contributed by atoms with Crippen LogP contribution in [0.3, 0.4) is 0 Å². The second kappa shape index (κ2) is 21.5. The summed E-state index contributed by atoms with van der Waals surface area (Å²) in [4.78, 5) is 53.4. The molecular formula is C48H63N7O8S2. The molecule has 0 unspecified atom stereocenters. The maximum atomic E-state index is 13.5. The Labute approximate surface area is 387 Å². The second-order valence-electron chi connectivity index (χ2n) is 18.5. The summed E-state index contributed by atoms with van der Waals surface area (Å²) in [5, 5.41) is 31.0. The van der Waals surface area contributed by atoms with Crippen molar-refractivity contribution in [3.05, 3.63) is 101 Å². The molecule has 4 heterocycles. The van der Waals surface area contributed by atoms with E-state index in [1.54, 1.807) is 55.3 Å². The van der Waals surface area contributed by atoms with Crippen molar-refractivity contribution < 1.29 is 37.6 Å². The average Bonchev–Trinajstić information content (AvgIpc) is 4.10. The summed E-state index contributed by atoms with van der Waals surface area (Å²) in [6.07, 6.45) is 11.1. The summed E-state index contributed by atoms with van der Waals surface area (Å²) in [5.74, 6) is 2.67. The van der Waals surface area contributed by atoms with Gasteiger partial charge in [0.05, 0.1) is 35.7 Å². The van der Waals surface area contributed by atoms with Gasteiger partial charge in [-0.3, -0.25) is 23.8 Å². The summed E-state index contributed by atoms with van der Waals surface area (Å²) in [6.45, 7) is 10.7. The molecule has 4 aliphatic rings. The van der Waals surface area contributed by atoms with Gasteiger partial charge < -0.3 is 31.1 Å². The number of phenols is 1. The lowest BCUT2D eigenvalue weighted by atomic mass is 9.72. The summed E-state index contributed by atoms with van der Waals surface area (Å²) in [5.41, 5.74) is 2.96. The van der Waals surface area contributed by atoms with Crippen LogP contribution in [-0.4, -0.2) is 111 Å². The van der Waals surface area contributed by atoms with Crippen molar-refractivity contribution in [2.45, 2.75) is 114 Å². The minimum absolute atomic E-state index is 0.0124. The zero-order valence-corrected chi connectivity index (χ0v) is 39.7. The quantitative estimate of drug-likeness (QED) is 0.0706. The zero-order valence-electron chi connectivity index (χ0n) is 38.0. The number of nitrogens with zero attached hydrogens (tertiary/aromatic N) is 4. The number of thioether (sulfide) groups is 1. The van der Waals surface area contributed by atoms with Gasteiger partial charge in [0.15, 0.2) is 5.82 Å². The molecule has 2 aliphatic heterocycles. The largest absolute Gasteiger partial charge is 0.508 e. The number of carbonyl (C=O) groups excluding carboxylic acids is 3. The van der Waals surface area contributed by atoms with Gasteiger partial charge in [-0.1, -0.05) is 43.5 Å². The molecule has 2 aliphatic carbocycles. The Kier molecular flexibility index (Phi) is 16.3. The van der Waals surface area contributed by atoms with Gasteiger partial charge in [0.2, 0.25) is 5.91 Å². The maximum Gasteiger partial charge on any atom is 0.261 e. The van der Waals surface area contributed by atoms with E-state index in [1.165, 1.54) is 12.8 Å². The van der Waals surface area contributed by atoms with Gasteiger partial charge in [-0.05, 0) is 120 Å². The third-order valence-electron chi connectivity index (χ3n) is 12.0. The number of aliphatic hydroxyl groups is 1. The number of aromatic nitrogens is 2. The highest BCUT2D eigenvalue weighted by molar-refractivity contribution is 7.99. The third kappa shape index (κ3) is 13.7. The van der Waals surface area contributed by atoms with Crippen molar-refractivity contribution in [3.63, 3.8) is 0 Å². The smallest absolute Gasteiger partial charge is 0.261 e. The molecule has 6 N–H and O–H groups in total. The molecule has 3 amide bonds. The molecule has 1 saturated heterocycles. The van der Waals surface area contributed by atoms with Gasteiger partial charge in [0, 0.05) is 58.8 Å². The first kappa shape index (κ1) is 49.4. The van der Waals surface area contributed by atoms with Crippen molar-refractivity contribution in [2.24, 2.45) is 11.8 Å². The normalized spacial score (nSPS) is 20.3. The average molecular weight is 930 g/mol. The number of nitrogens with one attached hydrogen (secondary N) is 3. The highest BCUT2D eigenvalue weighted by Gasteiger charge is 2.42. The monoisotopic (exact) mass is 929 g/mol. The van der Waals surface area contributed by atoms with Crippen molar-refractivity contribution in [3.8, 4) is 5.75 Å². The summed E-state index contributed by atoms with van der Waals surface area (Å²) in [6, 6.07) is 19.8. The first-order valence-corrected chi connectivity index (χ1v) is 25.1. The number of hydrogen-bond acceptors (Lipinski definition) is 12. The number of benzene rings is 2. The highest BCUT2D eigenvalue weighted by atomic mass is 32.2. The summed E-state index contributed by atoms with van der Waals surface area (Å²) < 4.78 is 25.9. The van der Waals surface area contributed by atoms with Gasteiger partial charge >= 0.3 is 0 Å². The minimum Gasteiger partial charge on any atom is -0.508 e. The molecule has 3 fully saturated rings. The number of pyridine rings is 2. The minimum atomic E-state index is -3.67. The number of likely N-dealkylation sites (tertiary alicyclic amines) is 1. The zero-order chi connectivity index (χ0) is 47.1. The first-order valence-electron chi connectivity index (χ1n) is 22.2. The number of piperidine rings is 1. The fraction of sp³-hybridized carbons (Fsp3) is 0.479. The van der Waals surface area contributed by atoms with Crippen LogP contribution in [0.15, 0.2) is 84.0 Å². The molecular weight excluding hydrogens is 867 g/mol. The van der Waals surface area contributed by atoms with Crippen LogP contribution in [0.5, 0.6) is 5.75 Å². The lowest BCUT2D eigenvalue weighted by Crippen LogP contribution is -2.60. The van der Waals surface area contributed by atoms with Gasteiger partial charge in [0.1, 0.15) is 11.6 Å². The van der Waals surface area contributed by atoms with E-state index >= 15 is 0 Å². The molecule has 65 heavy (non-hydrogen) atoms. The Morgan fingerprint density at radius 2 is 1.60 bits per heavy atom. The molecule has 0 bridgehead atoms. The van der Waals surface area contributed by atoms with Crippen molar-refractivity contribution in [1.29, 1.82) is 0 Å². The van der Waals surface area contributed by atoms with Crippen LogP contribution < -0.4 is 20.9 Å². The number of amides is 3. The van der Waals surface area contributed by atoms with Gasteiger partial charge in [-0.15, -0.1) is 11.8 Å². The molecule has 17 heteroatoms. The van der Waals surface area contributed by atoms with Crippen molar-refractivity contribution in [2.75, 3.05) is 35.3 Å². The van der Waals surface area contributed by atoms with Crippen molar-refractivity contribution >= 4 is 56.9 Å². The third-order valence-corrected chi connectivity index (χ3v) is 13.1. The van der Waals surface area contributed by atoms with Crippen molar-refractivity contribution in [1.82, 2.24) is 25.5 Å². The van der Waals surface area contributed by atoms with Gasteiger partial charge in [-0.25, -0.2) is 9.97 Å². The Morgan fingerprint density at radius 1 is 0.923 bits per heavy atom. The number of β-amino-alcohol motifs (C(OH)–C–C–N with tert-alkyl or cyclic N) is 1. The molecule has 15 nitrogen and oxygen atoms in total. The van der Waals surface area contributed by atoms with Crippen LogP contribution in [0.2, 0.25) is 0 Å². The first-order chi connectivity index (χ1) is 30.8. The fourth-order valence-electron chi connectivity index (χ4n) is 8.67. The Hall–Kier alpha value is -5.07. The van der Waals surface area contributed by atoms with E-state index in [9.17, 15) is 33.0 Å². The summed E-state index contributed by atoms with van der Waals surface area (Å²) in [7, 11) is -3.67. The number of phenolic OH excluding ortho intramolecular Hbond substituents is 1. The Balaban J connectivity index is 0.000000230.